The highest BCUT2D eigenvalue weighted by Crippen LogP contribution is 2.37. The minimum Gasteiger partial charge on any atom is -0.480 e. The van der Waals surface area contributed by atoms with Crippen LogP contribution in [0.4, 0.5) is 11.4 Å². The number of aryl methyl sites for hydroxylation is 1. The lowest BCUT2D eigenvalue weighted by Crippen LogP contribution is -2.11. The van der Waals surface area contributed by atoms with Crippen molar-refractivity contribution in [3.63, 3.8) is 0 Å². The lowest BCUT2D eigenvalue weighted by Gasteiger charge is -2.13. The van der Waals surface area contributed by atoms with Gasteiger partial charge in [-0.2, -0.15) is 0 Å². The zero-order valence-corrected chi connectivity index (χ0v) is 13.8. The van der Waals surface area contributed by atoms with Crippen LogP contribution in [0.3, 0.4) is 0 Å². The number of carboxylic acid groups (broad SMARTS) is 1. The number of nitro benzene ring substituents is 1. The van der Waals surface area contributed by atoms with Gasteiger partial charge in [0.2, 0.25) is 0 Å². The molecule has 0 fully saturated rings. The molecule has 0 atom stereocenters. The van der Waals surface area contributed by atoms with Gasteiger partial charge in [0.1, 0.15) is 12.2 Å². The maximum Gasteiger partial charge on any atom is 0.323 e. The Hall–Kier alpha value is -2.90. The summed E-state index contributed by atoms with van der Waals surface area (Å²) in [4.78, 5) is 26.2. The van der Waals surface area contributed by atoms with Crippen LogP contribution < -0.4 is 5.73 Å². The lowest BCUT2D eigenvalue weighted by molar-refractivity contribution is -0.384. The van der Waals surface area contributed by atoms with E-state index in [9.17, 15) is 14.9 Å². The Balaban J connectivity index is 2.70. The SMILES string of the molecule is Cc1ccc(-c2c(CC(C)C)ncn2CC(=O)O)c(N)c1[N+](=O)[O-]. The number of aliphatic carboxylic acids is 1. The number of hydrogen-bond acceptors (Lipinski definition) is 5. The van der Waals surface area contributed by atoms with Crippen molar-refractivity contribution in [2.24, 2.45) is 5.92 Å². The van der Waals surface area contributed by atoms with E-state index < -0.39 is 10.9 Å². The monoisotopic (exact) mass is 332 g/mol. The summed E-state index contributed by atoms with van der Waals surface area (Å²) in [5.41, 5.74) is 7.99. The first-order valence-electron chi connectivity index (χ1n) is 7.52. The van der Waals surface area contributed by atoms with Crippen LogP contribution in [0.1, 0.15) is 25.1 Å². The Morgan fingerprint density at radius 2 is 2.12 bits per heavy atom. The van der Waals surface area contributed by atoms with Crippen molar-refractivity contribution >= 4 is 17.3 Å². The maximum atomic E-state index is 11.3. The number of imidazole rings is 1. The zero-order chi connectivity index (χ0) is 18.0. The van der Waals surface area contributed by atoms with Gasteiger partial charge in [0, 0.05) is 11.1 Å². The molecule has 0 saturated carbocycles. The van der Waals surface area contributed by atoms with E-state index in [2.05, 4.69) is 4.98 Å². The fraction of sp³-hybridized carbons (Fsp3) is 0.375. The number of carboxylic acids is 1. The van der Waals surface area contributed by atoms with Crippen LogP contribution in [-0.4, -0.2) is 25.6 Å². The fourth-order valence-electron chi connectivity index (χ4n) is 2.70. The number of benzene rings is 1. The fourth-order valence-corrected chi connectivity index (χ4v) is 2.70. The number of anilines is 1. The molecule has 24 heavy (non-hydrogen) atoms. The third-order valence-corrected chi connectivity index (χ3v) is 3.68. The van der Waals surface area contributed by atoms with Crippen molar-refractivity contribution in [2.45, 2.75) is 33.7 Å². The number of hydrogen-bond donors (Lipinski definition) is 2. The summed E-state index contributed by atoms with van der Waals surface area (Å²) < 4.78 is 1.46. The van der Waals surface area contributed by atoms with Gasteiger partial charge in [-0.15, -0.1) is 0 Å². The molecule has 3 N–H and O–H groups in total. The second-order valence-electron chi connectivity index (χ2n) is 6.11. The van der Waals surface area contributed by atoms with E-state index >= 15 is 0 Å². The van der Waals surface area contributed by atoms with Crippen LogP contribution in [0.15, 0.2) is 18.5 Å². The number of nitrogens with zero attached hydrogens (tertiary/aromatic N) is 3. The van der Waals surface area contributed by atoms with E-state index in [1.807, 2.05) is 13.8 Å². The molecule has 0 spiro atoms. The molecule has 0 saturated heterocycles. The molecule has 0 aliphatic carbocycles. The second-order valence-corrected chi connectivity index (χ2v) is 6.11. The Labute approximate surface area is 139 Å². The van der Waals surface area contributed by atoms with Gasteiger partial charge in [-0.1, -0.05) is 19.9 Å². The predicted octanol–water partition coefficient (Wildman–Crippen LogP) is 2.63. The molecular formula is C16H20N4O4. The smallest absolute Gasteiger partial charge is 0.323 e. The number of nitro groups is 1. The van der Waals surface area contributed by atoms with Gasteiger partial charge in [0.05, 0.1) is 22.6 Å². The third-order valence-electron chi connectivity index (χ3n) is 3.68. The van der Waals surface area contributed by atoms with Crippen molar-refractivity contribution in [3.05, 3.63) is 39.8 Å². The average molecular weight is 332 g/mol. The maximum absolute atomic E-state index is 11.3. The predicted molar refractivity (Wildman–Crippen MR) is 89.6 cm³/mol. The van der Waals surface area contributed by atoms with Gasteiger partial charge < -0.3 is 15.4 Å². The lowest BCUT2D eigenvalue weighted by atomic mass is 9.99. The zero-order valence-electron chi connectivity index (χ0n) is 13.8. The largest absolute Gasteiger partial charge is 0.480 e. The molecule has 0 unspecified atom stereocenters. The Morgan fingerprint density at radius 1 is 1.46 bits per heavy atom. The Morgan fingerprint density at radius 3 is 2.67 bits per heavy atom. The number of carbonyl (C=O) groups is 1. The van der Waals surface area contributed by atoms with Gasteiger partial charge in [-0.05, 0) is 25.3 Å². The molecule has 2 aromatic rings. The van der Waals surface area contributed by atoms with Crippen LogP contribution >= 0.6 is 0 Å². The highest BCUT2D eigenvalue weighted by atomic mass is 16.6. The summed E-state index contributed by atoms with van der Waals surface area (Å²) in [5, 5.41) is 20.4. The molecule has 8 nitrogen and oxygen atoms in total. The van der Waals surface area contributed by atoms with Crippen molar-refractivity contribution in [1.29, 1.82) is 0 Å². The van der Waals surface area contributed by atoms with Gasteiger partial charge in [-0.25, -0.2) is 4.98 Å². The number of nitrogens with two attached hydrogens (primary N) is 1. The van der Waals surface area contributed by atoms with Crippen LogP contribution in [0.25, 0.3) is 11.3 Å². The molecule has 0 aliphatic heterocycles. The van der Waals surface area contributed by atoms with Crippen molar-refractivity contribution < 1.29 is 14.8 Å². The Bertz CT molecular complexity index is 796. The molecule has 1 aromatic carbocycles. The summed E-state index contributed by atoms with van der Waals surface area (Å²) >= 11 is 0. The highest BCUT2D eigenvalue weighted by molar-refractivity contribution is 5.84. The molecule has 1 aromatic heterocycles. The van der Waals surface area contributed by atoms with E-state index in [1.165, 1.54) is 10.9 Å². The summed E-state index contributed by atoms with van der Waals surface area (Å²) in [7, 11) is 0. The summed E-state index contributed by atoms with van der Waals surface area (Å²) in [5.74, 6) is -0.733. The summed E-state index contributed by atoms with van der Waals surface area (Å²) in [6.45, 7) is 5.35. The number of aromatic nitrogens is 2. The number of rotatable bonds is 6. The molecule has 0 aliphatic rings. The van der Waals surface area contributed by atoms with E-state index in [-0.39, 0.29) is 17.9 Å². The van der Waals surface area contributed by atoms with E-state index in [4.69, 9.17) is 10.8 Å². The van der Waals surface area contributed by atoms with Crippen LogP contribution in [0.2, 0.25) is 0 Å². The standard InChI is InChI=1S/C16H20N4O4/c1-9(2)6-12-16(19(8-18-12)7-13(21)22)11-5-4-10(3)15(14(11)17)20(23)24/h4-5,8-9H,6-7,17H2,1-3H3,(H,21,22). The van der Waals surface area contributed by atoms with Crippen LogP contribution in [0, 0.1) is 23.0 Å². The molecule has 0 bridgehead atoms. The molecule has 8 heteroatoms. The van der Waals surface area contributed by atoms with Crippen LogP contribution in [-0.2, 0) is 17.8 Å². The minimum absolute atomic E-state index is 0.0251. The van der Waals surface area contributed by atoms with E-state index in [0.717, 1.165) is 0 Å². The van der Waals surface area contributed by atoms with Gasteiger partial charge >= 0.3 is 5.97 Å². The topological polar surface area (TPSA) is 124 Å². The Kier molecular flexibility index (Phi) is 4.87. The van der Waals surface area contributed by atoms with Crippen molar-refractivity contribution in [3.8, 4) is 11.3 Å². The molecular weight excluding hydrogens is 312 g/mol. The second kappa shape index (κ2) is 6.69. The molecule has 2 rings (SSSR count). The first-order chi connectivity index (χ1) is 11.2. The van der Waals surface area contributed by atoms with E-state index in [1.54, 1.807) is 19.1 Å². The van der Waals surface area contributed by atoms with Gasteiger partial charge in [0.15, 0.2) is 0 Å². The van der Waals surface area contributed by atoms with Gasteiger partial charge in [0.25, 0.3) is 5.69 Å². The normalized spacial score (nSPS) is 11.0. The third kappa shape index (κ3) is 3.37. The van der Waals surface area contributed by atoms with E-state index in [0.29, 0.717) is 34.9 Å². The molecule has 1 heterocycles. The minimum atomic E-state index is -1.02. The quantitative estimate of drug-likeness (QED) is 0.476. The van der Waals surface area contributed by atoms with Gasteiger partial charge in [-0.3, -0.25) is 14.9 Å². The summed E-state index contributed by atoms with van der Waals surface area (Å²) in [6, 6.07) is 3.29. The average Bonchev–Trinajstić information content (AvgIpc) is 2.80. The van der Waals surface area contributed by atoms with Crippen molar-refractivity contribution in [1.82, 2.24) is 9.55 Å². The first-order valence-corrected chi connectivity index (χ1v) is 7.52. The van der Waals surface area contributed by atoms with Crippen LogP contribution in [0.5, 0.6) is 0 Å². The molecule has 128 valence electrons. The van der Waals surface area contributed by atoms with Crippen molar-refractivity contribution in [2.75, 3.05) is 5.73 Å². The molecule has 0 amide bonds. The summed E-state index contributed by atoms with van der Waals surface area (Å²) in [6.07, 6.45) is 2.05. The first kappa shape index (κ1) is 17.5. The highest BCUT2D eigenvalue weighted by Gasteiger charge is 2.24. The molecule has 0 radical (unpaired) electrons. The number of nitrogen functional groups attached to an aromatic ring is 1.